The van der Waals surface area contributed by atoms with Crippen LogP contribution in [-0.2, 0) is 17.9 Å². The molecule has 0 bridgehead atoms. The maximum atomic E-state index is 13.5. The van der Waals surface area contributed by atoms with E-state index in [4.69, 9.17) is 4.74 Å². The fraction of sp³-hybridized carbons (Fsp3) is 0.367. The number of anilines is 1. The van der Waals surface area contributed by atoms with E-state index in [-0.39, 0.29) is 11.8 Å². The number of carbonyl (C=O) groups is 2. The van der Waals surface area contributed by atoms with Gasteiger partial charge in [0.1, 0.15) is 5.75 Å². The minimum atomic E-state index is -0.144. The van der Waals surface area contributed by atoms with Gasteiger partial charge in [-0.15, -0.1) is 0 Å². The third-order valence-corrected chi connectivity index (χ3v) is 6.49. The molecular weight excluding hydrogens is 450 g/mol. The zero-order valence-electron chi connectivity index (χ0n) is 21.0. The summed E-state index contributed by atoms with van der Waals surface area (Å²) in [5.41, 5.74) is 3.23. The van der Waals surface area contributed by atoms with Crippen LogP contribution in [0.15, 0.2) is 73.1 Å². The smallest absolute Gasteiger partial charge is 0.254 e. The van der Waals surface area contributed by atoms with Crippen molar-refractivity contribution in [3.63, 3.8) is 0 Å². The summed E-state index contributed by atoms with van der Waals surface area (Å²) in [5, 5.41) is 2.74. The minimum Gasteiger partial charge on any atom is -0.490 e. The topological polar surface area (TPSA) is 71.5 Å². The molecule has 1 aromatic heterocycles. The second-order valence-electron chi connectivity index (χ2n) is 9.51. The number of benzene rings is 2. The van der Waals surface area contributed by atoms with E-state index in [1.54, 1.807) is 36.7 Å². The van der Waals surface area contributed by atoms with Crippen LogP contribution in [0.4, 0.5) is 5.69 Å². The second kappa shape index (κ2) is 12.9. The Bertz CT molecular complexity index is 1110. The van der Waals surface area contributed by atoms with Crippen molar-refractivity contribution in [2.75, 3.05) is 5.32 Å². The first-order chi connectivity index (χ1) is 17.6. The number of hydrogen-bond acceptors (Lipinski definition) is 4. The second-order valence-corrected chi connectivity index (χ2v) is 9.51. The zero-order chi connectivity index (χ0) is 25.2. The predicted molar refractivity (Wildman–Crippen MR) is 142 cm³/mol. The molecule has 36 heavy (non-hydrogen) atoms. The van der Waals surface area contributed by atoms with E-state index in [9.17, 15) is 9.59 Å². The van der Waals surface area contributed by atoms with Gasteiger partial charge < -0.3 is 15.0 Å². The first kappa shape index (κ1) is 25.4. The number of nitrogens with zero attached hydrogens (tertiary/aromatic N) is 2. The number of pyridine rings is 1. The number of nitrogens with one attached hydrogen (secondary N) is 1. The van der Waals surface area contributed by atoms with Crippen LogP contribution in [0.25, 0.3) is 0 Å². The lowest BCUT2D eigenvalue weighted by Crippen LogP contribution is -2.30. The van der Waals surface area contributed by atoms with Crippen molar-refractivity contribution < 1.29 is 14.3 Å². The first-order valence-electron chi connectivity index (χ1n) is 12.9. The summed E-state index contributed by atoms with van der Waals surface area (Å²) < 4.78 is 6.28. The Morgan fingerprint density at radius 1 is 0.889 bits per heavy atom. The van der Waals surface area contributed by atoms with Gasteiger partial charge >= 0.3 is 0 Å². The Labute approximate surface area is 213 Å². The third kappa shape index (κ3) is 7.67. The fourth-order valence-corrected chi connectivity index (χ4v) is 4.62. The van der Waals surface area contributed by atoms with Crippen molar-refractivity contribution in [3.8, 4) is 5.75 Å². The average molecular weight is 486 g/mol. The van der Waals surface area contributed by atoms with Gasteiger partial charge in [-0.2, -0.15) is 0 Å². The SMILES string of the molecule is CC(=O)Nc1ccc(C(=O)N(Cc2ccc(OC3CCCCCCC3)cc2)Cc2cccnc2)cc1. The molecule has 188 valence electrons. The van der Waals surface area contributed by atoms with Crippen molar-refractivity contribution in [1.29, 1.82) is 0 Å². The highest BCUT2D eigenvalue weighted by molar-refractivity contribution is 5.95. The van der Waals surface area contributed by atoms with E-state index >= 15 is 0 Å². The monoisotopic (exact) mass is 485 g/mol. The molecule has 0 atom stereocenters. The highest BCUT2D eigenvalue weighted by atomic mass is 16.5. The van der Waals surface area contributed by atoms with E-state index in [1.165, 1.54) is 39.0 Å². The molecule has 0 spiro atoms. The van der Waals surface area contributed by atoms with E-state index in [0.29, 0.717) is 30.4 Å². The van der Waals surface area contributed by atoms with Gasteiger partial charge in [0.2, 0.25) is 5.91 Å². The number of amides is 2. The van der Waals surface area contributed by atoms with Crippen LogP contribution in [0.5, 0.6) is 5.75 Å². The summed E-state index contributed by atoms with van der Waals surface area (Å²) >= 11 is 0. The maximum absolute atomic E-state index is 13.5. The van der Waals surface area contributed by atoms with Crippen molar-refractivity contribution >= 4 is 17.5 Å². The van der Waals surface area contributed by atoms with Crippen molar-refractivity contribution in [2.45, 2.75) is 71.1 Å². The standard InChI is InChI=1S/C30H35N3O3/c1-23(34)32-27-15-13-26(14-16-27)30(35)33(22-25-8-7-19-31-20-25)21-24-11-17-29(18-12-24)36-28-9-5-3-2-4-6-10-28/h7-8,11-20,28H,2-6,9-10,21-22H2,1H3,(H,32,34). The van der Waals surface area contributed by atoms with Crippen molar-refractivity contribution in [3.05, 3.63) is 89.7 Å². The molecule has 0 aliphatic heterocycles. The van der Waals surface area contributed by atoms with E-state index < -0.39 is 0 Å². The molecule has 2 amide bonds. The lowest BCUT2D eigenvalue weighted by atomic mass is 9.98. The van der Waals surface area contributed by atoms with Gasteiger partial charge in [-0.25, -0.2) is 0 Å². The van der Waals surface area contributed by atoms with Crippen LogP contribution in [-0.4, -0.2) is 27.8 Å². The highest BCUT2D eigenvalue weighted by Crippen LogP contribution is 2.24. The van der Waals surface area contributed by atoms with Gasteiger partial charge in [-0.1, -0.05) is 37.5 Å². The molecule has 0 unspecified atom stereocenters. The lowest BCUT2D eigenvalue weighted by molar-refractivity contribution is -0.114. The summed E-state index contributed by atoms with van der Waals surface area (Å²) in [6.45, 7) is 2.37. The van der Waals surface area contributed by atoms with Crippen LogP contribution in [0.3, 0.4) is 0 Å². The molecule has 1 N–H and O–H groups in total. The molecule has 1 fully saturated rings. The quantitative estimate of drug-likeness (QED) is 0.402. The fourth-order valence-electron chi connectivity index (χ4n) is 4.62. The molecule has 4 rings (SSSR count). The molecule has 0 radical (unpaired) electrons. The number of hydrogen-bond donors (Lipinski definition) is 1. The Morgan fingerprint density at radius 3 is 2.19 bits per heavy atom. The summed E-state index contributed by atoms with van der Waals surface area (Å²) in [5.74, 6) is 0.667. The Hall–Kier alpha value is -3.67. The molecule has 6 heteroatoms. The van der Waals surface area contributed by atoms with Gasteiger partial charge in [0.05, 0.1) is 6.10 Å². The van der Waals surface area contributed by atoms with Crippen LogP contribution in [0.1, 0.15) is 73.4 Å². The normalized spacial score (nSPS) is 14.4. The molecular formula is C30H35N3O3. The average Bonchev–Trinajstić information content (AvgIpc) is 2.86. The maximum Gasteiger partial charge on any atom is 0.254 e. The van der Waals surface area contributed by atoms with Gasteiger partial charge in [0.25, 0.3) is 5.91 Å². The molecule has 0 saturated heterocycles. The Morgan fingerprint density at radius 2 is 1.56 bits per heavy atom. The molecule has 1 heterocycles. The highest BCUT2D eigenvalue weighted by Gasteiger charge is 2.18. The van der Waals surface area contributed by atoms with Gasteiger partial charge in [0.15, 0.2) is 0 Å². The van der Waals surface area contributed by atoms with Crippen molar-refractivity contribution in [1.82, 2.24) is 9.88 Å². The first-order valence-corrected chi connectivity index (χ1v) is 12.9. The number of carbonyl (C=O) groups excluding carboxylic acids is 2. The number of ether oxygens (including phenoxy) is 1. The third-order valence-electron chi connectivity index (χ3n) is 6.49. The lowest BCUT2D eigenvalue weighted by Gasteiger charge is -2.24. The van der Waals surface area contributed by atoms with E-state index in [0.717, 1.165) is 29.7 Å². The summed E-state index contributed by atoms with van der Waals surface area (Å²) in [6, 6.07) is 19.0. The molecule has 3 aromatic rings. The van der Waals surface area contributed by atoms with Gasteiger partial charge in [-0.3, -0.25) is 14.6 Å². The van der Waals surface area contributed by atoms with E-state index in [2.05, 4.69) is 10.3 Å². The van der Waals surface area contributed by atoms with Crippen LogP contribution in [0.2, 0.25) is 0 Å². The predicted octanol–water partition coefficient (Wildman–Crippen LogP) is 6.37. The van der Waals surface area contributed by atoms with Gasteiger partial charge in [0, 0.05) is 43.7 Å². The van der Waals surface area contributed by atoms with Crippen molar-refractivity contribution in [2.24, 2.45) is 0 Å². The van der Waals surface area contributed by atoms with Gasteiger partial charge in [-0.05, 0) is 79.3 Å². The zero-order valence-corrected chi connectivity index (χ0v) is 21.0. The van der Waals surface area contributed by atoms with Crippen LogP contribution >= 0.6 is 0 Å². The molecule has 2 aromatic carbocycles. The summed E-state index contributed by atoms with van der Waals surface area (Å²) in [4.78, 5) is 30.8. The Balaban J connectivity index is 1.46. The molecule has 6 nitrogen and oxygen atoms in total. The molecule has 1 aliphatic carbocycles. The van der Waals surface area contributed by atoms with Crippen LogP contribution in [0, 0.1) is 0 Å². The minimum absolute atomic E-state index is 0.0805. The van der Waals surface area contributed by atoms with E-state index in [1.807, 2.05) is 41.3 Å². The number of rotatable bonds is 8. The largest absolute Gasteiger partial charge is 0.490 e. The van der Waals surface area contributed by atoms with Crippen LogP contribution < -0.4 is 10.1 Å². The molecule has 1 aliphatic rings. The number of aromatic nitrogens is 1. The summed E-state index contributed by atoms with van der Waals surface area (Å²) in [6.07, 6.45) is 12.5. The summed E-state index contributed by atoms with van der Waals surface area (Å²) in [7, 11) is 0. The Kier molecular flexibility index (Phi) is 9.09. The molecule has 1 saturated carbocycles.